The number of fused-ring (bicyclic) bond motifs is 1. The van der Waals surface area contributed by atoms with Crippen molar-refractivity contribution in [2.45, 2.75) is 12.1 Å². The Bertz CT molecular complexity index is 1230. The van der Waals surface area contributed by atoms with Crippen molar-refractivity contribution in [3.8, 4) is 6.01 Å². The number of piperazine rings is 1. The van der Waals surface area contributed by atoms with Crippen LogP contribution in [0, 0.1) is 0 Å². The van der Waals surface area contributed by atoms with Gasteiger partial charge in [-0.25, -0.2) is 14.3 Å². The fourth-order valence-corrected chi connectivity index (χ4v) is 4.11. The van der Waals surface area contributed by atoms with Gasteiger partial charge < -0.3 is 15.1 Å². The number of benzene rings is 1. The summed E-state index contributed by atoms with van der Waals surface area (Å²) < 4.78 is 8.57. The first-order chi connectivity index (χ1) is 15.1. The Hall–Kier alpha value is -3.50. The fraction of sp³-hybridized carbons (Fsp3) is 0.333. The van der Waals surface area contributed by atoms with Crippen molar-refractivity contribution < 1.29 is 9.21 Å². The molecule has 0 aliphatic carbocycles. The van der Waals surface area contributed by atoms with Crippen LogP contribution >= 0.6 is 0 Å². The molecular formula is C21H23N7O3. The van der Waals surface area contributed by atoms with Gasteiger partial charge in [-0.05, 0) is 18.2 Å². The molecule has 5 rings (SSSR count). The van der Waals surface area contributed by atoms with Gasteiger partial charge in [-0.3, -0.25) is 19.3 Å². The highest BCUT2D eigenvalue weighted by Gasteiger charge is 2.29. The summed E-state index contributed by atoms with van der Waals surface area (Å²) in [6.07, 6.45) is 6.83. The average Bonchev–Trinajstić information content (AvgIpc) is 3.38. The number of imidazole rings is 1. The maximum atomic E-state index is 12.9. The van der Waals surface area contributed by atoms with Crippen LogP contribution in [-0.4, -0.2) is 69.4 Å². The highest BCUT2D eigenvalue weighted by Crippen LogP contribution is 2.17. The highest BCUT2D eigenvalue weighted by molar-refractivity contribution is 5.93. The lowest BCUT2D eigenvalue weighted by Gasteiger charge is -2.37. The van der Waals surface area contributed by atoms with E-state index in [1.54, 1.807) is 19.5 Å². The lowest BCUT2D eigenvalue weighted by molar-refractivity contribution is 0.0896. The van der Waals surface area contributed by atoms with Crippen molar-refractivity contribution in [2.24, 2.45) is 12.0 Å². The number of rotatable bonds is 4. The number of aromatic nitrogens is 3. The van der Waals surface area contributed by atoms with Crippen molar-refractivity contribution in [2.75, 3.05) is 26.2 Å². The summed E-state index contributed by atoms with van der Waals surface area (Å²) in [4.78, 5) is 36.3. The van der Waals surface area contributed by atoms with Gasteiger partial charge in [-0.1, -0.05) is 12.1 Å². The van der Waals surface area contributed by atoms with Crippen LogP contribution in [-0.2, 0) is 7.05 Å². The van der Waals surface area contributed by atoms with Gasteiger partial charge in [-0.2, -0.15) is 0 Å². The Balaban J connectivity index is 1.38. The van der Waals surface area contributed by atoms with Crippen LogP contribution in [0.2, 0.25) is 0 Å². The first-order valence-electron chi connectivity index (χ1n) is 10.2. The molecule has 2 aliphatic heterocycles. The van der Waals surface area contributed by atoms with Crippen LogP contribution in [0.1, 0.15) is 10.6 Å². The maximum absolute atomic E-state index is 12.9. The van der Waals surface area contributed by atoms with E-state index in [1.807, 2.05) is 30.3 Å². The highest BCUT2D eigenvalue weighted by atomic mass is 16.4. The second kappa shape index (κ2) is 7.97. The third-order valence-electron chi connectivity index (χ3n) is 5.73. The molecule has 10 nitrogen and oxygen atoms in total. The Labute approximate surface area is 177 Å². The number of carbonyl (C=O) groups is 1. The molecule has 3 aromatic rings. The van der Waals surface area contributed by atoms with Crippen LogP contribution in [0.5, 0.6) is 0 Å². The Morgan fingerprint density at radius 2 is 2.00 bits per heavy atom. The van der Waals surface area contributed by atoms with Crippen LogP contribution in [0.4, 0.5) is 0 Å². The van der Waals surface area contributed by atoms with E-state index in [4.69, 9.17) is 4.42 Å². The maximum Gasteiger partial charge on any atom is 0.337 e. The molecule has 1 amide bonds. The first kappa shape index (κ1) is 19.5. The molecular weight excluding hydrogens is 398 g/mol. The van der Waals surface area contributed by atoms with Crippen LogP contribution in [0.25, 0.3) is 17.0 Å². The summed E-state index contributed by atoms with van der Waals surface area (Å²) >= 11 is 0. The Morgan fingerprint density at radius 3 is 2.81 bits per heavy atom. The van der Waals surface area contributed by atoms with Gasteiger partial charge in [-0.15, -0.1) is 0 Å². The molecule has 160 valence electrons. The largest absolute Gasteiger partial charge is 0.418 e. The summed E-state index contributed by atoms with van der Waals surface area (Å²) in [7, 11) is 1.68. The molecule has 1 saturated heterocycles. The molecule has 2 N–H and O–H groups in total. The molecule has 31 heavy (non-hydrogen) atoms. The van der Waals surface area contributed by atoms with E-state index in [9.17, 15) is 9.59 Å². The topological polar surface area (TPSA) is 110 Å². The number of nitrogens with one attached hydrogen (secondary N) is 2. The zero-order valence-electron chi connectivity index (χ0n) is 17.1. The molecule has 2 aliphatic rings. The van der Waals surface area contributed by atoms with Crippen molar-refractivity contribution in [1.29, 1.82) is 0 Å². The molecule has 2 unspecified atom stereocenters. The first-order valence-corrected chi connectivity index (χ1v) is 10.2. The lowest BCUT2D eigenvalue weighted by Crippen LogP contribution is -2.57. The minimum atomic E-state index is -0.404. The SMILES string of the molecule is Cn1c(=O)n(-c2ncc(C(=O)NC3C=NC=CC3N3CCNCC3)o2)c2ccccc21. The predicted molar refractivity (Wildman–Crippen MR) is 116 cm³/mol. The molecule has 1 fully saturated rings. The van der Waals surface area contributed by atoms with Gasteiger partial charge in [0, 0.05) is 45.6 Å². The van der Waals surface area contributed by atoms with Gasteiger partial charge >= 0.3 is 11.7 Å². The van der Waals surface area contributed by atoms with Crippen LogP contribution in [0.3, 0.4) is 0 Å². The van der Waals surface area contributed by atoms with Gasteiger partial charge in [0.05, 0.1) is 29.3 Å². The van der Waals surface area contributed by atoms with Crippen LogP contribution in [0.15, 0.2) is 56.9 Å². The van der Waals surface area contributed by atoms with Crippen molar-refractivity contribution in [3.63, 3.8) is 0 Å². The van der Waals surface area contributed by atoms with E-state index in [0.29, 0.717) is 5.52 Å². The van der Waals surface area contributed by atoms with Gasteiger partial charge in [0.15, 0.2) is 0 Å². The normalized spacial score (nSPS) is 21.6. The van der Waals surface area contributed by atoms with E-state index < -0.39 is 5.91 Å². The molecule has 0 bridgehead atoms. The second-order valence-electron chi connectivity index (χ2n) is 7.59. The van der Waals surface area contributed by atoms with E-state index in [-0.39, 0.29) is 29.5 Å². The molecule has 4 heterocycles. The third-order valence-corrected chi connectivity index (χ3v) is 5.73. The second-order valence-corrected chi connectivity index (χ2v) is 7.59. The minimum Gasteiger partial charge on any atom is -0.418 e. The van der Waals surface area contributed by atoms with Gasteiger partial charge in [0.25, 0.3) is 5.91 Å². The van der Waals surface area contributed by atoms with E-state index in [1.165, 1.54) is 15.3 Å². The number of hydrogen-bond acceptors (Lipinski definition) is 7. The number of aliphatic imine (C=N–C) groups is 1. The summed E-state index contributed by atoms with van der Waals surface area (Å²) in [5.41, 5.74) is 1.12. The molecule has 2 aromatic heterocycles. The molecule has 0 radical (unpaired) electrons. The lowest BCUT2D eigenvalue weighted by atomic mass is 10.0. The Kier molecular flexibility index (Phi) is 5.00. The zero-order chi connectivity index (χ0) is 21.4. The quantitative estimate of drug-likeness (QED) is 0.627. The van der Waals surface area contributed by atoms with Crippen molar-refractivity contribution >= 4 is 23.2 Å². The number of aryl methyl sites for hydroxylation is 1. The standard InChI is InChI=1S/C21H23N7O3/c1-26-16-4-2-3-5-17(16)28(21(26)30)20-24-13-18(31-20)19(29)25-14-12-23-7-6-15(14)27-10-8-22-9-11-27/h2-7,12-15,22H,8-11H2,1H3,(H,25,29). The van der Waals surface area contributed by atoms with Crippen LogP contribution < -0.4 is 16.3 Å². The summed E-state index contributed by atoms with van der Waals surface area (Å²) in [5, 5.41) is 6.31. The monoisotopic (exact) mass is 421 g/mol. The number of amides is 1. The molecule has 2 atom stereocenters. The smallest absolute Gasteiger partial charge is 0.337 e. The summed E-state index contributed by atoms with van der Waals surface area (Å²) in [6.45, 7) is 3.61. The van der Waals surface area contributed by atoms with Gasteiger partial charge in [0.2, 0.25) is 5.76 Å². The fourth-order valence-electron chi connectivity index (χ4n) is 4.11. The molecule has 0 spiro atoms. The Morgan fingerprint density at radius 1 is 1.23 bits per heavy atom. The zero-order valence-corrected chi connectivity index (χ0v) is 17.1. The molecule has 0 saturated carbocycles. The number of para-hydroxylation sites is 2. The molecule has 10 heteroatoms. The minimum absolute atomic E-state index is 0.0200. The van der Waals surface area contributed by atoms with Crippen molar-refractivity contribution in [3.05, 3.63) is 59.0 Å². The van der Waals surface area contributed by atoms with Gasteiger partial charge in [0.1, 0.15) is 0 Å². The number of oxazole rings is 1. The van der Waals surface area contributed by atoms with Crippen molar-refractivity contribution in [1.82, 2.24) is 29.7 Å². The average molecular weight is 421 g/mol. The summed E-state index contributed by atoms with van der Waals surface area (Å²) in [5.74, 6) is -0.365. The number of nitrogens with zero attached hydrogens (tertiary/aromatic N) is 5. The van der Waals surface area contributed by atoms with E-state index >= 15 is 0 Å². The molecule has 1 aromatic carbocycles. The number of carbonyl (C=O) groups excluding carboxylic acids is 1. The predicted octanol–water partition coefficient (Wildman–Crippen LogP) is 0.288. The summed E-state index contributed by atoms with van der Waals surface area (Å²) in [6, 6.07) is 7.13. The third kappa shape index (κ3) is 3.49. The van der Waals surface area contributed by atoms with E-state index in [0.717, 1.165) is 31.7 Å². The van der Waals surface area contributed by atoms with E-state index in [2.05, 4.69) is 25.5 Å². The number of hydrogen-bond donors (Lipinski definition) is 2.